The lowest BCUT2D eigenvalue weighted by Crippen LogP contribution is -2.35. The fourth-order valence-electron chi connectivity index (χ4n) is 3.80. The maximum atomic E-state index is 13.2. The van der Waals surface area contributed by atoms with Gasteiger partial charge in [-0.1, -0.05) is 30.3 Å². The molecule has 144 valence electrons. The van der Waals surface area contributed by atoms with Crippen LogP contribution in [0.5, 0.6) is 0 Å². The Morgan fingerprint density at radius 1 is 1.00 bits per heavy atom. The normalized spacial score (nSPS) is 19.5. The standard InChI is InChI=1S/C23H24ClN3O/c1-16-25-15-21(22(26-16)17-5-9-19(24)10-6-17)23(28)18-7-11-20(12-8-18)27-13-3-2-4-14-27/h5-12,15,22,25-26H,1-4,13-14H2. The first-order chi connectivity index (χ1) is 13.6. The predicted molar refractivity (Wildman–Crippen MR) is 115 cm³/mol. The van der Waals surface area contributed by atoms with E-state index in [2.05, 4.69) is 34.2 Å². The van der Waals surface area contributed by atoms with E-state index in [1.54, 1.807) is 6.20 Å². The van der Waals surface area contributed by atoms with E-state index in [-0.39, 0.29) is 11.8 Å². The minimum Gasteiger partial charge on any atom is -0.372 e. The van der Waals surface area contributed by atoms with Gasteiger partial charge in [0.15, 0.2) is 5.78 Å². The van der Waals surface area contributed by atoms with Crippen LogP contribution in [-0.2, 0) is 0 Å². The van der Waals surface area contributed by atoms with Crippen molar-refractivity contribution in [3.8, 4) is 0 Å². The van der Waals surface area contributed by atoms with Crippen LogP contribution in [0.2, 0.25) is 5.02 Å². The highest BCUT2D eigenvalue weighted by Crippen LogP contribution is 2.29. The number of hydrogen-bond acceptors (Lipinski definition) is 4. The Morgan fingerprint density at radius 2 is 1.68 bits per heavy atom. The Bertz CT molecular complexity index is 896. The minimum atomic E-state index is -0.264. The molecule has 5 heteroatoms. The maximum Gasteiger partial charge on any atom is 0.192 e. The van der Waals surface area contributed by atoms with Crippen molar-refractivity contribution in [1.29, 1.82) is 0 Å². The second-order valence-corrected chi connectivity index (χ2v) is 7.71. The van der Waals surface area contributed by atoms with E-state index in [1.807, 2.05) is 36.4 Å². The van der Waals surface area contributed by atoms with Crippen LogP contribution >= 0.6 is 11.6 Å². The Kier molecular flexibility index (Phi) is 5.40. The number of nitrogens with one attached hydrogen (secondary N) is 2. The van der Waals surface area contributed by atoms with Gasteiger partial charge in [0.2, 0.25) is 0 Å². The number of Topliss-reactive ketones (excluding diaryl/α,β-unsaturated/α-hetero) is 1. The minimum absolute atomic E-state index is 0.00218. The largest absolute Gasteiger partial charge is 0.372 e. The van der Waals surface area contributed by atoms with Gasteiger partial charge >= 0.3 is 0 Å². The lowest BCUT2D eigenvalue weighted by atomic mass is 9.91. The third-order valence-corrected chi connectivity index (χ3v) is 5.60. The van der Waals surface area contributed by atoms with Gasteiger partial charge in [-0.15, -0.1) is 0 Å². The van der Waals surface area contributed by atoms with Gasteiger partial charge in [0.1, 0.15) is 0 Å². The summed E-state index contributed by atoms with van der Waals surface area (Å²) in [6.45, 7) is 6.11. The van der Waals surface area contributed by atoms with Gasteiger partial charge in [-0.05, 0) is 61.2 Å². The van der Waals surface area contributed by atoms with Gasteiger partial charge in [0.05, 0.1) is 11.9 Å². The Labute approximate surface area is 170 Å². The molecule has 0 aliphatic carbocycles. The highest BCUT2D eigenvalue weighted by Gasteiger charge is 2.27. The van der Waals surface area contributed by atoms with E-state index < -0.39 is 0 Å². The summed E-state index contributed by atoms with van der Waals surface area (Å²) in [5, 5.41) is 6.97. The molecule has 0 saturated carbocycles. The van der Waals surface area contributed by atoms with Crippen LogP contribution in [0.1, 0.15) is 41.2 Å². The Balaban J connectivity index is 1.58. The van der Waals surface area contributed by atoms with Crippen LogP contribution < -0.4 is 15.5 Å². The number of benzene rings is 2. The van der Waals surface area contributed by atoms with Gasteiger partial charge in [0, 0.05) is 41.1 Å². The number of carbonyl (C=O) groups is 1. The molecule has 1 unspecified atom stereocenters. The van der Waals surface area contributed by atoms with Crippen molar-refractivity contribution in [2.24, 2.45) is 0 Å². The molecule has 28 heavy (non-hydrogen) atoms. The van der Waals surface area contributed by atoms with Crippen molar-refractivity contribution >= 4 is 23.1 Å². The molecule has 0 amide bonds. The van der Waals surface area contributed by atoms with Crippen LogP contribution in [0, 0.1) is 0 Å². The highest BCUT2D eigenvalue weighted by molar-refractivity contribution is 6.30. The zero-order chi connectivity index (χ0) is 19.5. The maximum absolute atomic E-state index is 13.2. The van der Waals surface area contributed by atoms with Crippen LogP contribution in [0.4, 0.5) is 5.69 Å². The molecule has 0 spiro atoms. The summed E-state index contributed by atoms with van der Waals surface area (Å²) in [5.41, 5.74) is 3.49. The molecule has 0 bridgehead atoms. The average molecular weight is 394 g/mol. The molecule has 0 aromatic heterocycles. The number of rotatable bonds is 4. The molecular formula is C23H24ClN3O. The lowest BCUT2D eigenvalue weighted by molar-refractivity contribution is 0.102. The first kappa shape index (κ1) is 18.6. The summed E-state index contributed by atoms with van der Waals surface area (Å²) in [5.74, 6) is 0.662. The molecule has 2 aromatic carbocycles. The van der Waals surface area contributed by atoms with Crippen LogP contribution in [-0.4, -0.2) is 18.9 Å². The molecule has 0 radical (unpaired) electrons. The third-order valence-electron chi connectivity index (χ3n) is 5.35. The molecule has 2 aliphatic heterocycles. The van der Waals surface area contributed by atoms with E-state index in [4.69, 9.17) is 11.6 Å². The smallest absolute Gasteiger partial charge is 0.192 e. The van der Waals surface area contributed by atoms with E-state index in [0.29, 0.717) is 22.0 Å². The SMILES string of the molecule is C=C1NC=C(C(=O)c2ccc(N3CCCCC3)cc2)C(c2ccc(Cl)cc2)N1. The van der Waals surface area contributed by atoms with E-state index in [0.717, 1.165) is 18.7 Å². The number of hydrogen-bond donors (Lipinski definition) is 2. The second kappa shape index (κ2) is 8.11. The molecule has 2 aliphatic rings. The number of ketones is 1. The number of anilines is 1. The topological polar surface area (TPSA) is 44.4 Å². The van der Waals surface area contributed by atoms with Crippen molar-refractivity contribution in [3.63, 3.8) is 0 Å². The number of carbonyl (C=O) groups excluding carboxylic acids is 1. The van der Waals surface area contributed by atoms with Crippen molar-refractivity contribution in [3.05, 3.63) is 88.9 Å². The average Bonchev–Trinajstić information content (AvgIpc) is 2.74. The summed E-state index contributed by atoms with van der Waals surface area (Å²) >= 11 is 6.02. The van der Waals surface area contributed by atoms with E-state index in [9.17, 15) is 4.79 Å². The van der Waals surface area contributed by atoms with Crippen LogP contribution in [0.15, 0.2) is 72.7 Å². The van der Waals surface area contributed by atoms with Crippen molar-refractivity contribution < 1.29 is 4.79 Å². The van der Waals surface area contributed by atoms with Gasteiger partial charge < -0.3 is 15.5 Å². The molecule has 1 atom stereocenters. The molecule has 2 N–H and O–H groups in total. The Hall–Kier alpha value is -2.72. The van der Waals surface area contributed by atoms with Gasteiger partial charge in [-0.25, -0.2) is 0 Å². The summed E-state index contributed by atoms with van der Waals surface area (Å²) < 4.78 is 0. The first-order valence-electron chi connectivity index (χ1n) is 9.69. The third kappa shape index (κ3) is 3.92. The number of piperidine rings is 1. The van der Waals surface area contributed by atoms with Crippen molar-refractivity contribution in [2.75, 3.05) is 18.0 Å². The summed E-state index contributed by atoms with van der Waals surface area (Å²) in [7, 11) is 0. The molecule has 2 heterocycles. The number of halogens is 1. The first-order valence-corrected chi connectivity index (χ1v) is 10.1. The molecule has 4 rings (SSSR count). The van der Waals surface area contributed by atoms with Crippen molar-refractivity contribution in [1.82, 2.24) is 10.6 Å². The van der Waals surface area contributed by atoms with Crippen molar-refractivity contribution in [2.45, 2.75) is 25.3 Å². The molecule has 1 fully saturated rings. The molecule has 1 saturated heterocycles. The highest BCUT2D eigenvalue weighted by atomic mass is 35.5. The predicted octanol–water partition coefficient (Wildman–Crippen LogP) is 4.80. The van der Waals surface area contributed by atoms with Gasteiger partial charge in [0.25, 0.3) is 0 Å². The monoisotopic (exact) mass is 393 g/mol. The molecule has 2 aromatic rings. The quantitative estimate of drug-likeness (QED) is 0.732. The van der Waals surface area contributed by atoms with E-state index in [1.165, 1.54) is 24.9 Å². The van der Waals surface area contributed by atoms with Gasteiger partial charge in [-0.2, -0.15) is 0 Å². The summed E-state index contributed by atoms with van der Waals surface area (Å²) in [4.78, 5) is 15.6. The summed E-state index contributed by atoms with van der Waals surface area (Å²) in [6.07, 6.45) is 5.52. The van der Waals surface area contributed by atoms with Gasteiger partial charge in [-0.3, -0.25) is 4.79 Å². The zero-order valence-electron chi connectivity index (χ0n) is 15.7. The van der Waals surface area contributed by atoms with Crippen LogP contribution in [0.25, 0.3) is 0 Å². The van der Waals surface area contributed by atoms with Crippen LogP contribution in [0.3, 0.4) is 0 Å². The Morgan fingerprint density at radius 3 is 2.36 bits per heavy atom. The number of nitrogens with zero attached hydrogens (tertiary/aromatic N) is 1. The fourth-order valence-corrected chi connectivity index (χ4v) is 3.92. The fraction of sp³-hybridized carbons (Fsp3) is 0.261. The lowest BCUT2D eigenvalue weighted by Gasteiger charge is -2.29. The second-order valence-electron chi connectivity index (χ2n) is 7.28. The zero-order valence-corrected chi connectivity index (χ0v) is 16.5. The summed E-state index contributed by atoms with van der Waals surface area (Å²) in [6, 6.07) is 15.2. The van der Waals surface area contributed by atoms with E-state index >= 15 is 0 Å². The molecule has 4 nitrogen and oxygen atoms in total. The molecular weight excluding hydrogens is 370 g/mol.